The van der Waals surface area contributed by atoms with Crippen molar-refractivity contribution in [3.63, 3.8) is 0 Å². The van der Waals surface area contributed by atoms with Crippen molar-refractivity contribution in [1.29, 1.82) is 0 Å². The lowest BCUT2D eigenvalue weighted by molar-refractivity contribution is 0.324. The lowest BCUT2D eigenvalue weighted by Gasteiger charge is -2.12. The molecule has 0 unspecified atom stereocenters. The maximum atomic E-state index is 5.41. The summed E-state index contributed by atoms with van der Waals surface area (Å²) in [6.45, 7) is 2.12. The van der Waals surface area contributed by atoms with Crippen LogP contribution in [0.4, 0.5) is 0 Å². The fourth-order valence-corrected chi connectivity index (χ4v) is 2.55. The average molecular weight is 340 g/mol. The third-order valence-corrected chi connectivity index (χ3v) is 3.96. The van der Waals surface area contributed by atoms with E-state index in [4.69, 9.17) is 18.7 Å². The Bertz CT molecular complexity index is 831. The van der Waals surface area contributed by atoms with Gasteiger partial charge < -0.3 is 18.7 Å². The molecule has 0 N–H and O–H groups in total. The summed E-state index contributed by atoms with van der Waals surface area (Å²) in [7, 11) is 4.70. The normalized spacial score (nSPS) is 10.6. The third kappa shape index (κ3) is 3.28. The number of rotatable bonds is 6. The molecule has 0 spiro atoms. The minimum atomic E-state index is 0.453. The number of ether oxygens (including phenoxy) is 3. The predicted molar refractivity (Wildman–Crippen MR) is 94.2 cm³/mol. The molecule has 0 bridgehead atoms. The van der Waals surface area contributed by atoms with Crippen molar-refractivity contribution < 1.29 is 18.7 Å². The Hall–Kier alpha value is -3.02. The summed E-state index contributed by atoms with van der Waals surface area (Å²) in [6.07, 6.45) is 0.987. The number of hydrogen-bond acceptors (Lipinski definition) is 6. The van der Waals surface area contributed by atoms with Gasteiger partial charge in [0.25, 0.3) is 5.89 Å². The number of benzene rings is 2. The maximum Gasteiger partial charge on any atom is 0.258 e. The van der Waals surface area contributed by atoms with Crippen molar-refractivity contribution in [2.75, 3.05) is 21.3 Å². The van der Waals surface area contributed by atoms with Gasteiger partial charge in [0.15, 0.2) is 11.5 Å². The number of methoxy groups -OCH3 is 3. The molecule has 0 aliphatic heterocycles. The SMILES string of the molecule is CCc1ccc(-c2nc(-c3cc(OC)c(OC)c(OC)c3)no2)cc1. The summed E-state index contributed by atoms with van der Waals surface area (Å²) in [5.74, 6) is 2.51. The monoisotopic (exact) mass is 340 g/mol. The van der Waals surface area contributed by atoms with Gasteiger partial charge in [0, 0.05) is 11.1 Å². The second-order valence-corrected chi connectivity index (χ2v) is 5.39. The van der Waals surface area contributed by atoms with Gasteiger partial charge in [0.05, 0.1) is 21.3 Å². The zero-order valence-electron chi connectivity index (χ0n) is 14.7. The van der Waals surface area contributed by atoms with Gasteiger partial charge in [-0.2, -0.15) is 4.98 Å². The molecule has 0 saturated heterocycles. The molecule has 1 heterocycles. The summed E-state index contributed by atoms with van der Waals surface area (Å²) < 4.78 is 21.5. The zero-order valence-corrected chi connectivity index (χ0v) is 14.7. The lowest BCUT2D eigenvalue weighted by Crippen LogP contribution is -1.96. The highest BCUT2D eigenvalue weighted by atomic mass is 16.5. The smallest absolute Gasteiger partial charge is 0.258 e. The first-order valence-corrected chi connectivity index (χ1v) is 7.93. The lowest BCUT2D eigenvalue weighted by atomic mass is 10.1. The summed E-state index contributed by atoms with van der Waals surface area (Å²) in [4.78, 5) is 4.48. The second kappa shape index (κ2) is 7.25. The van der Waals surface area contributed by atoms with E-state index in [0.717, 1.165) is 17.5 Å². The van der Waals surface area contributed by atoms with Crippen LogP contribution in [0.2, 0.25) is 0 Å². The van der Waals surface area contributed by atoms with Crippen molar-refractivity contribution in [3.8, 4) is 40.1 Å². The molecule has 0 saturated carbocycles. The molecule has 6 nitrogen and oxygen atoms in total. The van der Waals surface area contributed by atoms with E-state index < -0.39 is 0 Å². The quantitative estimate of drug-likeness (QED) is 0.676. The van der Waals surface area contributed by atoms with Gasteiger partial charge in [0.1, 0.15) is 0 Å². The Labute approximate surface area is 146 Å². The summed E-state index contributed by atoms with van der Waals surface area (Å²) in [5, 5.41) is 4.07. The van der Waals surface area contributed by atoms with Crippen LogP contribution in [0.1, 0.15) is 12.5 Å². The highest BCUT2D eigenvalue weighted by Crippen LogP contribution is 2.40. The Balaban J connectivity index is 1.98. The molecule has 25 heavy (non-hydrogen) atoms. The van der Waals surface area contributed by atoms with Crippen molar-refractivity contribution in [2.45, 2.75) is 13.3 Å². The molecule has 1 aromatic heterocycles. The first-order valence-electron chi connectivity index (χ1n) is 7.93. The average Bonchev–Trinajstić information content (AvgIpc) is 3.17. The van der Waals surface area contributed by atoms with Crippen LogP contribution in [0.15, 0.2) is 40.9 Å². The largest absolute Gasteiger partial charge is 0.493 e. The fourth-order valence-electron chi connectivity index (χ4n) is 2.55. The molecule has 0 aliphatic carbocycles. The molecule has 3 rings (SSSR count). The van der Waals surface area contributed by atoms with E-state index in [1.54, 1.807) is 33.5 Å². The third-order valence-electron chi connectivity index (χ3n) is 3.96. The van der Waals surface area contributed by atoms with Gasteiger partial charge in [-0.3, -0.25) is 0 Å². The van der Waals surface area contributed by atoms with Crippen LogP contribution in [0, 0.1) is 0 Å². The van der Waals surface area contributed by atoms with Gasteiger partial charge in [0.2, 0.25) is 11.6 Å². The van der Waals surface area contributed by atoms with Gasteiger partial charge in [-0.05, 0) is 36.2 Å². The number of aromatic nitrogens is 2. The van der Waals surface area contributed by atoms with Crippen molar-refractivity contribution in [2.24, 2.45) is 0 Å². The first-order chi connectivity index (χ1) is 12.2. The van der Waals surface area contributed by atoms with Crippen LogP contribution in [0.5, 0.6) is 17.2 Å². The molecule has 130 valence electrons. The summed E-state index contributed by atoms with van der Waals surface area (Å²) >= 11 is 0. The molecule has 0 atom stereocenters. The van der Waals surface area contributed by atoms with E-state index in [9.17, 15) is 0 Å². The molecule has 0 aliphatic rings. The van der Waals surface area contributed by atoms with Gasteiger partial charge in [-0.1, -0.05) is 24.2 Å². The highest BCUT2D eigenvalue weighted by Gasteiger charge is 2.17. The standard InChI is InChI=1S/C19H20N2O4/c1-5-12-6-8-13(9-7-12)19-20-18(21-25-19)14-10-15(22-2)17(24-4)16(11-14)23-3/h6-11H,5H2,1-4H3. The van der Waals surface area contributed by atoms with Gasteiger partial charge in [-0.15, -0.1) is 0 Å². The maximum absolute atomic E-state index is 5.41. The van der Waals surface area contributed by atoms with Crippen LogP contribution in [-0.4, -0.2) is 31.5 Å². The minimum Gasteiger partial charge on any atom is -0.493 e. The predicted octanol–water partition coefficient (Wildman–Crippen LogP) is 3.99. The molecule has 0 fully saturated rings. The molecular formula is C19H20N2O4. The van der Waals surface area contributed by atoms with Crippen LogP contribution < -0.4 is 14.2 Å². The first kappa shape index (κ1) is 16.8. The zero-order chi connectivity index (χ0) is 17.8. The Morgan fingerprint density at radius 1 is 0.880 bits per heavy atom. The number of hydrogen-bond donors (Lipinski definition) is 0. The second-order valence-electron chi connectivity index (χ2n) is 5.39. The molecular weight excluding hydrogens is 320 g/mol. The Morgan fingerprint density at radius 2 is 1.52 bits per heavy atom. The molecule has 6 heteroatoms. The Morgan fingerprint density at radius 3 is 2.04 bits per heavy atom. The van der Waals surface area contributed by atoms with Crippen molar-refractivity contribution >= 4 is 0 Å². The van der Waals surface area contributed by atoms with Crippen LogP contribution >= 0.6 is 0 Å². The fraction of sp³-hybridized carbons (Fsp3) is 0.263. The van der Waals surface area contributed by atoms with E-state index in [2.05, 4.69) is 29.2 Å². The molecule has 3 aromatic rings. The van der Waals surface area contributed by atoms with E-state index in [1.807, 2.05) is 12.1 Å². The molecule has 0 amide bonds. The summed E-state index contributed by atoms with van der Waals surface area (Å²) in [6, 6.07) is 11.6. The number of aryl methyl sites for hydroxylation is 1. The Kier molecular flexibility index (Phi) is 4.88. The summed E-state index contributed by atoms with van der Waals surface area (Å²) in [5.41, 5.74) is 2.85. The molecule has 2 aromatic carbocycles. The van der Waals surface area contributed by atoms with E-state index in [0.29, 0.717) is 29.0 Å². The van der Waals surface area contributed by atoms with Gasteiger partial charge >= 0.3 is 0 Å². The number of nitrogens with zero attached hydrogens (tertiary/aromatic N) is 2. The highest BCUT2D eigenvalue weighted by molar-refractivity contribution is 5.67. The topological polar surface area (TPSA) is 66.6 Å². The van der Waals surface area contributed by atoms with Crippen molar-refractivity contribution in [1.82, 2.24) is 10.1 Å². The van der Waals surface area contributed by atoms with Gasteiger partial charge in [-0.25, -0.2) is 0 Å². The van der Waals surface area contributed by atoms with E-state index in [1.165, 1.54) is 5.56 Å². The van der Waals surface area contributed by atoms with Crippen LogP contribution in [0.3, 0.4) is 0 Å². The van der Waals surface area contributed by atoms with E-state index >= 15 is 0 Å². The minimum absolute atomic E-state index is 0.453. The van der Waals surface area contributed by atoms with Crippen LogP contribution in [0.25, 0.3) is 22.8 Å². The molecule has 0 radical (unpaired) electrons. The van der Waals surface area contributed by atoms with E-state index in [-0.39, 0.29) is 0 Å². The van der Waals surface area contributed by atoms with Crippen molar-refractivity contribution in [3.05, 3.63) is 42.0 Å². The van der Waals surface area contributed by atoms with Crippen LogP contribution in [-0.2, 0) is 6.42 Å².